The summed E-state index contributed by atoms with van der Waals surface area (Å²) >= 11 is 0. The number of nitrogens with zero attached hydrogens (tertiary/aromatic N) is 1. The third kappa shape index (κ3) is 2.05. The second-order valence-corrected chi connectivity index (χ2v) is 3.93. The van der Waals surface area contributed by atoms with Gasteiger partial charge in [0, 0.05) is 17.3 Å². The van der Waals surface area contributed by atoms with Gasteiger partial charge in [-0.2, -0.15) is 0 Å². The summed E-state index contributed by atoms with van der Waals surface area (Å²) < 4.78 is 4.76. The molecule has 0 aliphatic carbocycles. The van der Waals surface area contributed by atoms with Gasteiger partial charge in [-0.25, -0.2) is 4.79 Å². The monoisotopic (exact) mass is 242 g/mol. The molecule has 0 bridgehead atoms. The van der Waals surface area contributed by atoms with Crippen molar-refractivity contribution in [3.63, 3.8) is 0 Å². The van der Waals surface area contributed by atoms with Crippen LogP contribution in [0.1, 0.15) is 12.6 Å². The highest BCUT2D eigenvalue weighted by molar-refractivity contribution is 6.20. The Morgan fingerprint density at radius 3 is 2.67 bits per heavy atom. The molecule has 0 aliphatic heterocycles. The number of carbonyl (C=O) groups is 1. The van der Waals surface area contributed by atoms with E-state index in [9.17, 15) is 4.79 Å². The number of hydrogen-bond donors (Lipinski definition) is 1. The topological polar surface area (TPSA) is 65.2 Å². The number of aromatic nitrogens is 1. The zero-order valence-electron chi connectivity index (χ0n) is 10.3. The normalized spacial score (nSPS) is 12.1. The van der Waals surface area contributed by atoms with Crippen LogP contribution in [0.3, 0.4) is 0 Å². The lowest BCUT2D eigenvalue weighted by molar-refractivity contribution is -0.133. The molecule has 0 atom stereocenters. The Balaban J connectivity index is 2.74. The van der Waals surface area contributed by atoms with E-state index in [1.54, 1.807) is 13.1 Å². The number of rotatable bonds is 2. The number of esters is 1. The molecule has 0 spiro atoms. The summed E-state index contributed by atoms with van der Waals surface area (Å²) in [6, 6.07) is 9.58. The van der Waals surface area contributed by atoms with E-state index in [1.807, 2.05) is 30.3 Å². The zero-order chi connectivity index (χ0) is 13.1. The average molecular weight is 242 g/mol. The number of ether oxygens (including phenoxy) is 1. The van der Waals surface area contributed by atoms with Crippen molar-refractivity contribution in [2.45, 2.75) is 6.92 Å². The maximum atomic E-state index is 11.8. The van der Waals surface area contributed by atoms with E-state index in [1.165, 1.54) is 7.11 Å². The highest BCUT2D eigenvalue weighted by atomic mass is 16.5. The molecule has 0 fully saturated rings. The van der Waals surface area contributed by atoms with E-state index < -0.39 is 5.97 Å². The quantitative estimate of drug-likeness (QED) is 0.647. The van der Waals surface area contributed by atoms with Gasteiger partial charge in [-0.05, 0) is 18.4 Å². The molecule has 92 valence electrons. The number of allylic oxidation sites excluding steroid dienone is 1. The SMILES string of the molecule is COC(=O)/C(=C(/C)N)c1nccc2ccccc12. The first-order valence-corrected chi connectivity index (χ1v) is 5.54. The van der Waals surface area contributed by atoms with Crippen LogP contribution in [-0.2, 0) is 9.53 Å². The van der Waals surface area contributed by atoms with Crippen molar-refractivity contribution in [1.82, 2.24) is 4.98 Å². The van der Waals surface area contributed by atoms with Gasteiger partial charge in [0.05, 0.1) is 12.8 Å². The van der Waals surface area contributed by atoms with E-state index in [4.69, 9.17) is 10.5 Å². The van der Waals surface area contributed by atoms with Gasteiger partial charge in [0.1, 0.15) is 5.57 Å². The summed E-state index contributed by atoms with van der Waals surface area (Å²) in [5.41, 5.74) is 7.04. The molecular weight excluding hydrogens is 228 g/mol. The van der Waals surface area contributed by atoms with Crippen molar-refractivity contribution >= 4 is 22.3 Å². The molecule has 2 N–H and O–H groups in total. The molecule has 0 saturated carbocycles. The Kier molecular flexibility index (Phi) is 3.28. The molecular formula is C14H14N2O2. The summed E-state index contributed by atoms with van der Waals surface area (Å²) in [4.78, 5) is 16.1. The Morgan fingerprint density at radius 1 is 1.28 bits per heavy atom. The lowest BCUT2D eigenvalue weighted by Crippen LogP contribution is -2.11. The first-order valence-electron chi connectivity index (χ1n) is 5.54. The average Bonchev–Trinajstić information content (AvgIpc) is 2.38. The van der Waals surface area contributed by atoms with Crippen LogP contribution in [0.2, 0.25) is 0 Å². The third-order valence-corrected chi connectivity index (χ3v) is 2.69. The van der Waals surface area contributed by atoms with Crippen molar-refractivity contribution in [2.75, 3.05) is 7.11 Å². The minimum atomic E-state index is -0.473. The van der Waals surface area contributed by atoms with Crippen LogP contribution < -0.4 is 5.73 Å². The highest BCUT2D eigenvalue weighted by Gasteiger charge is 2.18. The van der Waals surface area contributed by atoms with Crippen molar-refractivity contribution in [3.8, 4) is 0 Å². The van der Waals surface area contributed by atoms with Gasteiger partial charge in [-0.15, -0.1) is 0 Å². The molecule has 1 aromatic carbocycles. The second kappa shape index (κ2) is 4.87. The number of hydrogen-bond acceptors (Lipinski definition) is 4. The minimum Gasteiger partial charge on any atom is -0.465 e. The molecule has 0 unspecified atom stereocenters. The molecule has 2 rings (SSSR count). The molecule has 4 heteroatoms. The van der Waals surface area contributed by atoms with Crippen LogP contribution in [0.15, 0.2) is 42.2 Å². The molecule has 1 heterocycles. The standard InChI is InChI=1S/C14H14N2O2/c1-9(15)12(14(17)18-2)13-11-6-4-3-5-10(11)7-8-16-13/h3-8H,15H2,1-2H3/b12-9-. The number of benzene rings is 1. The van der Waals surface area contributed by atoms with Crippen molar-refractivity contribution in [1.29, 1.82) is 0 Å². The fourth-order valence-corrected chi connectivity index (χ4v) is 1.87. The number of pyridine rings is 1. The van der Waals surface area contributed by atoms with Crippen LogP contribution in [0.5, 0.6) is 0 Å². The Bertz CT molecular complexity index is 623. The molecule has 0 aliphatic rings. The number of fused-ring (bicyclic) bond motifs is 1. The summed E-state index contributed by atoms with van der Waals surface area (Å²) in [6.07, 6.45) is 1.66. The van der Waals surface area contributed by atoms with Crippen LogP contribution in [0, 0.1) is 0 Å². The van der Waals surface area contributed by atoms with E-state index >= 15 is 0 Å². The molecule has 0 saturated heterocycles. The maximum Gasteiger partial charge on any atom is 0.341 e. The van der Waals surface area contributed by atoms with Gasteiger partial charge in [0.25, 0.3) is 0 Å². The second-order valence-electron chi connectivity index (χ2n) is 3.93. The first-order chi connectivity index (χ1) is 8.65. The van der Waals surface area contributed by atoms with Gasteiger partial charge in [0.15, 0.2) is 0 Å². The van der Waals surface area contributed by atoms with Crippen molar-refractivity contribution < 1.29 is 9.53 Å². The Labute approximate surface area is 105 Å². The minimum absolute atomic E-state index is 0.314. The van der Waals surface area contributed by atoms with E-state index in [0.29, 0.717) is 17.0 Å². The summed E-state index contributed by atoms with van der Waals surface area (Å²) in [5, 5.41) is 1.88. The predicted molar refractivity (Wildman–Crippen MR) is 70.5 cm³/mol. The largest absolute Gasteiger partial charge is 0.465 e. The lowest BCUT2D eigenvalue weighted by atomic mass is 10.0. The number of methoxy groups -OCH3 is 1. The fourth-order valence-electron chi connectivity index (χ4n) is 1.87. The van der Waals surface area contributed by atoms with Gasteiger partial charge in [0.2, 0.25) is 0 Å². The molecule has 0 radical (unpaired) electrons. The molecule has 18 heavy (non-hydrogen) atoms. The Hall–Kier alpha value is -2.36. The van der Waals surface area contributed by atoms with Crippen LogP contribution in [0.25, 0.3) is 16.3 Å². The highest BCUT2D eigenvalue weighted by Crippen LogP contribution is 2.24. The van der Waals surface area contributed by atoms with Crippen LogP contribution in [0.4, 0.5) is 0 Å². The van der Waals surface area contributed by atoms with Crippen molar-refractivity contribution in [2.24, 2.45) is 5.73 Å². The Morgan fingerprint density at radius 2 is 2.00 bits per heavy atom. The third-order valence-electron chi connectivity index (χ3n) is 2.69. The predicted octanol–water partition coefficient (Wildman–Crippen LogP) is 2.10. The van der Waals surface area contributed by atoms with E-state index in [0.717, 1.165) is 10.8 Å². The number of carbonyl (C=O) groups excluding carboxylic acids is 1. The van der Waals surface area contributed by atoms with Gasteiger partial charge >= 0.3 is 5.97 Å². The van der Waals surface area contributed by atoms with Gasteiger partial charge in [-0.1, -0.05) is 24.3 Å². The van der Waals surface area contributed by atoms with E-state index in [2.05, 4.69) is 4.98 Å². The molecule has 0 amide bonds. The van der Waals surface area contributed by atoms with Crippen LogP contribution >= 0.6 is 0 Å². The summed E-state index contributed by atoms with van der Waals surface area (Å²) in [5.74, 6) is -0.473. The maximum absolute atomic E-state index is 11.8. The van der Waals surface area contributed by atoms with Gasteiger partial charge in [-0.3, -0.25) is 4.98 Å². The number of nitrogens with two attached hydrogens (primary N) is 1. The zero-order valence-corrected chi connectivity index (χ0v) is 10.3. The molecule has 2 aromatic rings. The summed E-state index contributed by atoms with van der Waals surface area (Å²) in [6.45, 7) is 1.66. The fraction of sp³-hybridized carbons (Fsp3) is 0.143. The summed E-state index contributed by atoms with van der Waals surface area (Å²) in [7, 11) is 1.33. The smallest absolute Gasteiger partial charge is 0.341 e. The van der Waals surface area contributed by atoms with E-state index in [-0.39, 0.29) is 0 Å². The van der Waals surface area contributed by atoms with Crippen molar-refractivity contribution in [3.05, 3.63) is 47.9 Å². The molecule has 1 aromatic heterocycles. The first kappa shape index (κ1) is 12.1. The van der Waals surface area contributed by atoms with Gasteiger partial charge < -0.3 is 10.5 Å². The molecule has 4 nitrogen and oxygen atoms in total. The van der Waals surface area contributed by atoms with Crippen LogP contribution in [-0.4, -0.2) is 18.1 Å². The lowest BCUT2D eigenvalue weighted by Gasteiger charge is -2.09.